The van der Waals surface area contributed by atoms with Crippen LogP contribution in [0.1, 0.15) is 26.7 Å². The van der Waals surface area contributed by atoms with Gasteiger partial charge in [-0.05, 0) is 38.2 Å². The average molecular weight is 180 g/mol. The molecule has 13 heavy (non-hydrogen) atoms. The first-order chi connectivity index (χ1) is 6.24. The number of hydrogen-bond acceptors (Lipinski definition) is 2. The highest BCUT2D eigenvalue weighted by Crippen LogP contribution is 2.42. The maximum Gasteiger partial charge on any atom is 0.146 e. The summed E-state index contributed by atoms with van der Waals surface area (Å²) in [7, 11) is 0. The topological polar surface area (TPSA) is 26.3 Å². The van der Waals surface area contributed by atoms with Crippen LogP contribution in [0.4, 0.5) is 0 Å². The molecule has 72 valence electrons. The molecule has 0 aromatic heterocycles. The van der Waals surface area contributed by atoms with E-state index in [2.05, 4.69) is 19.9 Å². The molecule has 1 aliphatic carbocycles. The molecule has 1 aliphatic heterocycles. The second kappa shape index (κ2) is 3.26. The minimum atomic E-state index is 0.219. The molecule has 0 saturated carbocycles. The Morgan fingerprint density at radius 3 is 2.92 bits per heavy atom. The van der Waals surface area contributed by atoms with Crippen LogP contribution in [0.15, 0.2) is 11.6 Å². The lowest BCUT2D eigenvalue weighted by molar-refractivity contribution is -0.105. The maximum atomic E-state index is 10.8. The summed E-state index contributed by atoms with van der Waals surface area (Å²) < 4.78 is 5.74. The third-order valence-corrected chi connectivity index (χ3v) is 3.40. The molecule has 0 aromatic carbocycles. The highest BCUT2D eigenvalue weighted by Gasteiger charge is 2.42. The van der Waals surface area contributed by atoms with Crippen molar-refractivity contribution in [3.8, 4) is 0 Å². The molecule has 1 heterocycles. The van der Waals surface area contributed by atoms with Gasteiger partial charge in [-0.1, -0.05) is 6.08 Å². The second-order valence-corrected chi connectivity index (χ2v) is 4.14. The molecular formula is C11H16O2. The largest absolute Gasteiger partial charge is 0.375 e. The van der Waals surface area contributed by atoms with Crippen LogP contribution in [0.2, 0.25) is 0 Å². The zero-order valence-electron chi connectivity index (χ0n) is 8.19. The van der Waals surface area contributed by atoms with Gasteiger partial charge in [0.15, 0.2) is 0 Å². The molecule has 1 saturated heterocycles. The SMILES string of the molecule is CC1OC(C)C2C(C=O)=CCCC12. The maximum absolute atomic E-state index is 10.8. The van der Waals surface area contributed by atoms with Gasteiger partial charge in [0, 0.05) is 5.92 Å². The molecule has 2 aliphatic rings. The lowest BCUT2D eigenvalue weighted by atomic mass is 9.76. The van der Waals surface area contributed by atoms with Gasteiger partial charge >= 0.3 is 0 Å². The summed E-state index contributed by atoms with van der Waals surface area (Å²) in [6.07, 6.45) is 5.84. The zero-order chi connectivity index (χ0) is 9.42. The van der Waals surface area contributed by atoms with Gasteiger partial charge in [0.25, 0.3) is 0 Å². The lowest BCUT2D eigenvalue weighted by Crippen LogP contribution is -2.25. The number of carbonyl (C=O) groups is 1. The van der Waals surface area contributed by atoms with Crippen molar-refractivity contribution in [2.75, 3.05) is 0 Å². The van der Waals surface area contributed by atoms with Crippen molar-refractivity contribution < 1.29 is 9.53 Å². The normalized spacial score (nSPS) is 44.0. The number of rotatable bonds is 1. The number of ether oxygens (including phenoxy) is 1. The molecular weight excluding hydrogens is 164 g/mol. The standard InChI is InChI=1S/C11H16O2/c1-7-10-5-3-4-9(6-12)11(10)8(2)13-7/h4,6-8,10-11H,3,5H2,1-2H3. The first-order valence-corrected chi connectivity index (χ1v) is 5.04. The molecule has 2 heteroatoms. The quantitative estimate of drug-likeness (QED) is 0.576. The van der Waals surface area contributed by atoms with Crippen LogP contribution < -0.4 is 0 Å². The minimum absolute atomic E-state index is 0.219. The number of carbonyl (C=O) groups excluding carboxylic acids is 1. The molecule has 0 amide bonds. The van der Waals surface area contributed by atoms with Crippen molar-refractivity contribution in [2.24, 2.45) is 11.8 Å². The number of hydrogen-bond donors (Lipinski definition) is 0. The summed E-state index contributed by atoms with van der Waals surface area (Å²) in [4.78, 5) is 10.8. The van der Waals surface area contributed by atoms with E-state index >= 15 is 0 Å². The Balaban J connectivity index is 2.27. The van der Waals surface area contributed by atoms with E-state index in [0.29, 0.717) is 17.9 Å². The van der Waals surface area contributed by atoms with E-state index in [1.165, 1.54) is 6.42 Å². The monoisotopic (exact) mass is 180 g/mol. The molecule has 0 N–H and O–H groups in total. The number of allylic oxidation sites excluding steroid dienone is 1. The first-order valence-electron chi connectivity index (χ1n) is 5.04. The van der Waals surface area contributed by atoms with Crippen LogP contribution in [0.3, 0.4) is 0 Å². The van der Waals surface area contributed by atoms with Gasteiger partial charge in [-0.2, -0.15) is 0 Å². The van der Waals surface area contributed by atoms with Crippen molar-refractivity contribution in [3.63, 3.8) is 0 Å². The van der Waals surface area contributed by atoms with Crippen molar-refractivity contribution in [1.29, 1.82) is 0 Å². The Labute approximate surface area is 79.0 Å². The van der Waals surface area contributed by atoms with Crippen LogP contribution in [-0.4, -0.2) is 18.5 Å². The molecule has 0 spiro atoms. The van der Waals surface area contributed by atoms with E-state index in [1.807, 2.05) is 0 Å². The third-order valence-electron chi connectivity index (χ3n) is 3.40. The first kappa shape index (κ1) is 8.95. The van der Waals surface area contributed by atoms with E-state index in [0.717, 1.165) is 18.3 Å². The Morgan fingerprint density at radius 2 is 2.23 bits per heavy atom. The smallest absolute Gasteiger partial charge is 0.146 e. The van der Waals surface area contributed by atoms with Crippen molar-refractivity contribution in [2.45, 2.75) is 38.9 Å². The van der Waals surface area contributed by atoms with Crippen LogP contribution in [0.25, 0.3) is 0 Å². The van der Waals surface area contributed by atoms with Crippen LogP contribution >= 0.6 is 0 Å². The second-order valence-electron chi connectivity index (χ2n) is 4.14. The fourth-order valence-corrected chi connectivity index (χ4v) is 2.80. The summed E-state index contributed by atoms with van der Waals surface area (Å²) in [5.41, 5.74) is 0.966. The molecule has 0 bridgehead atoms. The van der Waals surface area contributed by atoms with E-state index in [-0.39, 0.29) is 6.10 Å². The highest BCUT2D eigenvalue weighted by atomic mass is 16.5. The van der Waals surface area contributed by atoms with Crippen LogP contribution in [0.5, 0.6) is 0 Å². The van der Waals surface area contributed by atoms with Gasteiger partial charge < -0.3 is 4.74 Å². The summed E-state index contributed by atoms with van der Waals surface area (Å²) in [6.45, 7) is 4.19. The van der Waals surface area contributed by atoms with Crippen LogP contribution in [-0.2, 0) is 9.53 Å². The minimum Gasteiger partial charge on any atom is -0.375 e. The Morgan fingerprint density at radius 1 is 1.46 bits per heavy atom. The fourth-order valence-electron chi connectivity index (χ4n) is 2.80. The van der Waals surface area contributed by atoms with E-state index in [9.17, 15) is 4.79 Å². The van der Waals surface area contributed by atoms with Gasteiger partial charge in [-0.3, -0.25) is 4.79 Å². The summed E-state index contributed by atoms with van der Waals surface area (Å²) >= 11 is 0. The van der Waals surface area contributed by atoms with Crippen molar-refractivity contribution in [3.05, 3.63) is 11.6 Å². The molecule has 0 aromatic rings. The third kappa shape index (κ3) is 1.33. The van der Waals surface area contributed by atoms with E-state index in [1.54, 1.807) is 0 Å². The van der Waals surface area contributed by atoms with Gasteiger partial charge in [-0.15, -0.1) is 0 Å². The summed E-state index contributed by atoms with van der Waals surface area (Å²) in [5, 5.41) is 0. The zero-order valence-corrected chi connectivity index (χ0v) is 8.19. The molecule has 4 atom stereocenters. The molecule has 4 unspecified atom stereocenters. The number of aldehydes is 1. The molecule has 0 radical (unpaired) electrons. The Kier molecular flexibility index (Phi) is 2.24. The van der Waals surface area contributed by atoms with Crippen LogP contribution in [0, 0.1) is 11.8 Å². The average Bonchev–Trinajstić information content (AvgIpc) is 2.43. The molecule has 2 nitrogen and oxygen atoms in total. The predicted octanol–water partition coefficient (Wildman–Crippen LogP) is 1.95. The van der Waals surface area contributed by atoms with E-state index in [4.69, 9.17) is 4.74 Å². The fraction of sp³-hybridized carbons (Fsp3) is 0.727. The molecule has 1 fully saturated rings. The Bertz CT molecular complexity index is 244. The van der Waals surface area contributed by atoms with Gasteiger partial charge in [-0.25, -0.2) is 0 Å². The van der Waals surface area contributed by atoms with Crippen molar-refractivity contribution >= 4 is 6.29 Å². The molecule has 2 rings (SSSR count). The van der Waals surface area contributed by atoms with Gasteiger partial charge in [0.2, 0.25) is 0 Å². The summed E-state index contributed by atoms with van der Waals surface area (Å²) in [6, 6.07) is 0. The predicted molar refractivity (Wildman–Crippen MR) is 50.4 cm³/mol. The van der Waals surface area contributed by atoms with E-state index < -0.39 is 0 Å². The lowest BCUT2D eigenvalue weighted by Gasteiger charge is -2.25. The Hall–Kier alpha value is -0.630. The number of fused-ring (bicyclic) bond motifs is 1. The van der Waals surface area contributed by atoms with Crippen molar-refractivity contribution in [1.82, 2.24) is 0 Å². The summed E-state index contributed by atoms with van der Waals surface area (Å²) in [5.74, 6) is 0.932. The highest BCUT2D eigenvalue weighted by molar-refractivity contribution is 5.74. The van der Waals surface area contributed by atoms with Gasteiger partial charge in [0.1, 0.15) is 6.29 Å². The van der Waals surface area contributed by atoms with Gasteiger partial charge in [0.05, 0.1) is 12.2 Å².